The zero-order valence-corrected chi connectivity index (χ0v) is 10.7. The molecule has 0 radical (unpaired) electrons. The number of aryl methyl sites for hydroxylation is 1. The van der Waals surface area contributed by atoms with Crippen LogP contribution in [0.4, 0.5) is 5.69 Å². The van der Waals surface area contributed by atoms with E-state index in [1.807, 2.05) is 26.0 Å². The summed E-state index contributed by atoms with van der Waals surface area (Å²) in [7, 11) is 1.66. The highest BCUT2D eigenvalue weighted by Crippen LogP contribution is 2.31. The van der Waals surface area contributed by atoms with Crippen molar-refractivity contribution >= 4 is 11.6 Å². The number of carbonyl (C=O) groups excluding carboxylic acids is 1. The number of ether oxygens (including phenoxy) is 1. The minimum atomic E-state index is 0.144. The largest absolute Gasteiger partial charge is 0.496 e. The van der Waals surface area contributed by atoms with Gasteiger partial charge < -0.3 is 10.1 Å². The van der Waals surface area contributed by atoms with E-state index in [-0.39, 0.29) is 11.8 Å². The van der Waals surface area contributed by atoms with E-state index in [4.69, 9.17) is 4.74 Å². The first-order valence-corrected chi connectivity index (χ1v) is 6.08. The molecule has 3 nitrogen and oxygen atoms in total. The van der Waals surface area contributed by atoms with Gasteiger partial charge in [-0.25, -0.2) is 0 Å². The fourth-order valence-electron chi connectivity index (χ4n) is 2.18. The predicted molar refractivity (Wildman–Crippen MR) is 68.4 cm³/mol. The van der Waals surface area contributed by atoms with Crippen LogP contribution in [0, 0.1) is 19.8 Å². The summed E-state index contributed by atoms with van der Waals surface area (Å²) < 4.78 is 5.35. The molecule has 92 valence electrons. The molecule has 1 amide bonds. The molecule has 1 N–H and O–H groups in total. The minimum Gasteiger partial charge on any atom is -0.496 e. The fraction of sp³-hybridized carbons (Fsp3) is 0.500. The fourth-order valence-corrected chi connectivity index (χ4v) is 2.18. The molecule has 1 saturated carbocycles. The van der Waals surface area contributed by atoms with Gasteiger partial charge in [-0.1, -0.05) is 12.5 Å². The van der Waals surface area contributed by atoms with Crippen LogP contribution in [-0.4, -0.2) is 13.0 Å². The summed E-state index contributed by atoms with van der Waals surface area (Å²) >= 11 is 0. The highest BCUT2D eigenvalue weighted by Gasteiger charge is 2.25. The van der Waals surface area contributed by atoms with Crippen molar-refractivity contribution < 1.29 is 9.53 Å². The molecular formula is C14H19NO2. The zero-order chi connectivity index (χ0) is 12.4. The third-order valence-electron chi connectivity index (χ3n) is 3.54. The summed E-state index contributed by atoms with van der Waals surface area (Å²) in [5, 5.41) is 3.00. The second-order valence-electron chi connectivity index (χ2n) is 4.71. The predicted octanol–water partition coefficient (Wildman–Crippen LogP) is 3.05. The maximum absolute atomic E-state index is 11.9. The molecule has 0 aliphatic heterocycles. The number of carbonyl (C=O) groups is 1. The van der Waals surface area contributed by atoms with E-state index in [0.717, 1.165) is 35.4 Å². The van der Waals surface area contributed by atoms with E-state index < -0.39 is 0 Å². The lowest BCUT2D eigenvalue weighted by molar-refractivity contribution is -0.122. The molecule has 0 saturated heterocycles. The summed E-state index contributed by atoms with van der Waals surface area (Å²) in [6.07, 6.45) is 3.22. The van der Waals surface area contributed by atoms with Gasteiger partial charge in [0.15, 0.2) is 0 Å². The van der Waals surface area contributed by atoms with E-state index in [1.54, 1.807) is 7.11 Å². The number of nitrogens with one attached hydrogen (secondary N) is 1. The van der Waals surface area contributed by atoms with Crippen molar-refractivity contribution in [2.75, 3.05) is 12.4 Å². The third kappa shape index (κ3) is 2.28. The van der Waals surface area contributed by atoms with E-state index in [1.165, 1.54) is 6.42 Å². The van der Waals surface area contributed by atoms with Crippen LogP contribution >= 0.6 is 0 Å². The van der Waals surface area contributed by atoms with Crippen molar-refractivity contribution in [3.8, 4) is 5.75 Å². The van der Waals surface area contributed by atoms with Crippen molar-refractivity contribution in [2.45, 2.75) is 33.1 Å². The van der Waals surface area contributed by atoms with Crippen molar-refractivity contribution in [1.82, 2.24) is 0 Å². The highest BCUT2D eigenvalue weighted by atomic mass is 16.5. The first kappa shape index (κ1) is 12.0. The summed E-state index contributed by atoms with van der Waals surface area (Å²) in [4.78, 5) is 11.9. The molecule has 0 spiro atoms. The molecule has 1 fully saturated rings. The number of benzene rings is 1. The normalized spacial score (nSPS) is 15.2. The Hall–Kier alpha value is -1.51. The summed E-state index contributed by atoms with van der Waals surface area (Å²) in [6.45, 7) is 3.98. The zero-order valence-electron chi connectivity index (χ0n) is 10.7. The van der Waals surface area contributed by atoms with Crippen LogP contribution in [0.3, 0.4) is 0 Å². The van der Waals surface area contributed by atoms with Crippen LogP contribution in [0.1, 0.15) is 30.4 Å². The molecule has 17 heavy (non-hydrogen) atoms. The Morgan fingerprint density at radius 1 is 1.35 bits per heavy atom. The molecule has 0 bridgehead atoms. The molecule has 1 aromatic carbocycles. The van der Waals surface area contributed by atoms with Crippen molar-refractivity contribution in [2.24, 2.45) is 5.92 Å². The first-order valence-electron chi connectivity index (χ1n) is 6.08. The molecule has 0 unspecified atom stereocenters. The van der Waals surface area contributed by atoms with Gasteiger partial charge in [0.1, 0.15) is 5.75 Å². The summed E-state index contributed by atoms with van der Waals surface area (Å²) in [6, 6.07) is 3.92. The lowest BCUT2D eigenvalue weighted by Gasteiger charge is -2.24. The van der Waals surface area contributed by atoms with Gasteiger partial charge in [0, 0.05) is 17.2 Å². The van der Waals surface area contributed by atoms with Gasteiger partial charge in [0.2, 0.25) is 5.91 Å². The maximum atomic E-state index is 11.9. The van der Waals surface area contributed by atoms with Crippen molar-refractivity contribution in [1.29, 1.82) is 0 Å². The second kappa shape index (κ2) is 4.78. The van der Waals surface area contributed by atoms with E-state index >= 15 is 0 Å². The average Bonchev–Trinajstić information content (AvgIpc) is 2.20. The Morgan fingerprint density at radius 2 is 2.06 bits per heavy atom. The number of anilines is 1. The third-order valence-corrected chi connectivity index (χ3v) is 3.54. The van der Waals surface area contributed by atoms with Crippen molar-refractivity contribution in [3.63, 3.8) is 0 Å². The molecule has 0 atom stereocenters. The standard InChI is InChI=1S/C14H19NO2/c1-9-7-8-12(10(2)13(9)17-3)15-14(16)11-5-4-6-11/h7-8,11H,4-6H2,1-3H3,(H,15,16). The monoisotopic (exact) mass is 233 g/mol. The van der Waals surface area contributed by atoms with Crippen LogP contribution in [0.25, 0.3) is 0 Å². The first-order chi connectivity index (χ1) is 8.13. The van der Waals surface area contributed by atoms with Crippen molar-refractivity contribution in [3.05, 3.63) is 23.3 Å². The number of hydrogen-bond acceptors (Lipinski definition) is 2. The van der Waals surface area contributed by atoms with Crippen LogP contribution in [0.5, 0.6) is 5.75 Å². The quantitative estimate of drug-likeness (QED) is 0.871. The highest BCUT2D eigenvalue weighted by molar-refractivity contribution is 5.94. The molecular weight excluding hydrogens is 214 g/mol. The SMILES string of the molecule is COc1c(C)ccc(NC(=O)C2CCC2)c1C. The van der Waals surface area contributed by atoms with E-state index in [9.17, 15) is 4.79 Å². The van der Waals surface area contributed by atoms with Gasteiger partial charge in [0.05, 0.1) is 7.11 Å². The number of hydrogen-bond donors (Lipinski definition) is 1. The Balaban J connectivity index is 2.18. The molecule has 1 aliphatic rings. The lowest BCUT2D eigenvalue weighted by Crippen LogP contribution is -2.28. The number of amides is 1. The Morgan fingerprint density at radius 3 is 2.59 bits per heavy atom. The van der Waals surface area contributed by atoms with Gasteiger partial charge in [-0.15, -0.1) is 0 Å². The molecule has 3 heteroatoms. The molecule has 1 aliphatic carbocycles. The van der Waals surface area contributed by atoms with Gasteiger partial charge in [0.25, 0.3) is 0 Å². The molecule has 1 aromatic rings. The minimum absolute atomic E-state index is 0.144. The summed E-state index contributed by atoms with van der Waals surface area (Å²) in [5.41, 5.74) is 2.95. The Labute approximate surface area is 102 Å². The maximum Gasteiger partial charge on any atom is 0.227 e. The topological polar surface area (TPSA) is 38.3 Å². The van der Waals surface area contributed by atoms with Crippen LogP contribution in [0.2, 0.25) is 0 Å². The molecule has 0 heterocycles. The van der Waals surface area contributed by atoms with Gasteiger partial charge in [-0.05, 0) is 38.3 Å². The molecule has 2 rings (SSSR count). The van der Waals surface area contributed by atoms with Gasteiger partial charge in [-0.3, -0.25) is 4.79 Å². The average molecular weight is 233 g/mol. The van der Waals surface area contributed by atoms with E-state index in [2.05, 4.69) is 5.32 Å². The molecule has 0 aromatic heterocycles. The van der Waals surface area contributed by atoms with Gasteiger partial charge >= 0.3 is 0 Å². The smallest absolute Gasteiger partial charge is 0.227 e. The number of rotatable bonds is 3. The van der Waals surface area contributed by atoms with E-state index in [0.29, 0.717) is 0 Å². The lowest BCUT2D eigenvalue weighted by atomic mass is 9.85. The Bertz CT molecular complexity index is 436. The van der Waals surface area contributed by atoms with Crippen LogP contribution in [0.15, 0.2) is 12.1 Å². The second-order valence-corrected chi connectivity index (χ2v) is 4.71. The summed E-state index contributed by atoms with van der Waals surface area (Å²) in [5.74, 6) is 1.21. The van der Waals surface area contributed by atoms with Crippen LogP contribution < -0.4 is 10.1 Å². The number of methoxy groups -OCH3 is 1. The van der Waals surface area contributed by atoms with Crippen LogP contribution in [-0.2, 0) is 4.79 Å². The Kier molecular flexibility index (Phi) is 3.36. The van der Waals surface area contributed by atoms with Gasteiger partial charge in [-0.2, -0.15) is 0 Å².